The first-order chi connectivity index (χ1) is 15.1. The molecule has 0 amide bonds. The van der Waals surface area contributed by atoms with Crippen LogP contribution in [0.4, 0.5) is 0 Å². The summed E-state index contributed by atoms with van der Waals surface area (Å²) in [4.78, 5) is 2.42. The second kappa shape index (κ2) is 11.4. The standard InChI is InChI=1S/C28H43NO2S/c1-20-7-6-8-21(15-20)17-24(30)9-10-25-26-18-22(16-23(26)19-27(25)31)11-13-32-14-12-29(5)28(2,3)4/h6-10,15-16,23-27,30-31H,11-14,17-19H2,1-5H3/t23-,24+,25+,26-,27+/m0/s1. The van der Waals surface area contributed by atoms with Gasteiger partial charge in [-0.2, -0.15) is 11.8 Å². The van der Waals surface area contributed by atoms with E-state index in [-0.39, 0.29) is 17.6 Å². The highest BCUT2D eigenvalue weighted by atomic mass is 32.2. The molecule has 32 heavy (non-hydrogen) atoms. The lowest BCUT2D eigenvalue weighted by Gasteiger charge is -2.31. The molecule has 3 nitrogen and oxygen atoms in total. The van der Waals surface area contributed by atoms with Gasteiger partial charge in [-0.05, 0) is 77.2 Å². The molecule has 1 fully saturated rings. The summed E-state index contributed by atoms with van der Waals surface area (Å²) in [7, 11) is 2.21. The van der Waals surface area contributed by atoms with Crippen LogP contribution in [0, 0.1) is 24.7 Å². The molecule has 2 aliphatic rings. The number of allylic oxidation sites excluding steroid dienone is 2. The largest absolute Gasteiger partial charge is 0.392 e. The molecule has 1 aromatic rings. The van der Waals surface area contributed by atoms with E-state index in [1.54, 1.807) is 5.57 Å². The Bertz CT molecular complexity index is 797. The highest BCUT2D eigenvalue weighted by Crippen LogP contribution is 2.48. The lowest BCUT2D eigenvalue weighted by molar-refractivity contribution is 0.140. The van der Waals surface area contributed by atoms with Crippen LogP contribution in [0.1, 0.15) is 51.2 Å². The molecule has 0 spiro atoms. The molecule has 5 atom stereocenters. The number of aliphatic hydroxyl groups is 2. The zero-order valence-corrected chi connectivity index (χ0v) is 21.4. The fourth-order valence-electron chi connectivity index (χ4n) is 5.04. The number of rotatable bonds is 10. The van der Waals surface area contributed by atoms with Gasteiger partial charge in [0.25, 0.3) is 0 Å². The first kappa shape index (κ1) is 25.6. The Kier molecular flexibility index (Phi) is 9.08. The highest BCUT2D eigenvalue weighted by Gasteiger charge is 2.43. The average Bonchev–Trinajstić information content (AvgIpc) is 3.21. The van der Waals surface area contributed by atoms with Gasteiger partial charge in [0, 0.05) is 30.2 Å². The summed E-state index contributed by atoms with van der Waals surface area (Å²) in [6.45, 7) is 10.00. The normalized spacial score (nSPS) is 26.7. The number of aryl methyl sites for hydroxylation is 1. The predicted molar refractivity (Wildman–Crippen MR) is 138 cm³/mol. The van der Waals surface area contributed by atoms with Gasteiger partial charge in [-0.25, -0.2) is 0 Å². The van der Waals surface area contributed by atoms with Gasteiger partial charge in [-0.15, -0.1) is 0 Å². The molecule has 178 valence electrons. The van der Waals surface area contributed by atoms with E-state index in [0.717, 1.165) is 24.9 Å². The minimum Gasteiger partial charge on any atom is -0.392 e. The van der Waals surface area contributed by atoms with Gasteiger partial charge in [-0.3, -0.25) is 0 Å². The maximum atomic E-state index is 10.6. The molecule has 0 aromatic heterocycles. The van der Waals surface area contributed by atoms with E-state index >= 15 is 0 Å². The van der Waals surface area contributed by atoms with Gasteiger partial charge in [0.15, 0.2) is 0 Å². The summed E-state index contributed by atoms with van der Waals surface area (Å²) in [5, 5.41) is 21.1. The molecule has 0 bridgehead atoms. The molecule has 0 radical (unpaired) electrons. The van der Waals surface area contributed by atoms with Crippen LogP contribution in [0.3, 0.4) is 0 Å². The third-order valence-electron chi connectivity index (χ3n) is 7.32. The maximum Gasteiger partial charge on any atom is 0.0761 e. The van der Waals surface area contributed by atoms with Crippen molar-refractivity contribution in [2.45, 2.75) is 71.1 Å². The number of hydrogen-bond donors (Lipinski definition) is 2. The van der Waals surface area contributed by atoms with E-state index in [9.17, 15) is 10.2 Å². The number of hydrogen-bond acceptors (Lipinski definition) is 4. The Morgan fingerprint density at radius 2 is 2.03 bits per heavy atom. The van der Waals surface area contributed by atoms with E-state index in [1.807, 2.05) is 12.1 Å². The van der Waals surface area contributed by atoms with E-state index in [1.165, 1.54) is 23.5 Å². The van der Waals surface area contributed by atoms with Crippen LogP contribution in [0.2, 0.25) is 0 Å². The van der Waals surface area contributed by atoms with E-state index < -0.39 is 6.10 Å². The molecule has 0 heterocycles. The highest BCUT2D eigenvalue weighted by molar-refractivity contribution is 7.99. The van der Waals surface area contributed by atoms with Crippen LogP contribution >= 0.6 is 11.8 Å². The topological polar surface area (TPSA) is 43.7 Å². The van der Waals surface area contributed by atoms with Gasteiger partial charge >= 0.3 is 0 Å². The van der Waals surface area contributed by atoms with E-state index in [0.29, 0.717) is 18.3 Å². The van der Waals surface area contributed by atoms with Gasteiger partial charge in [0.2, 0.25) is 0 Å². The summed E-state index contributed by atoms with van der Waals surface area (Å²) in [6.07, 6.45) is 9.44. The minimum atomic E-state index is -0.500. The van der Waals surface area contributed by atoms with Crippen molar-refractivity contribution >= 4 is 11.8 Å². The van der Waals surface area contributed by atoms with Crippen LogP contribution in [-0.4, -0.2) is 58.0 Å². The summed E-state index contributed by atoms with van der Waals surface area (Å²) < 4.78 is 0. The fourth-order valence-corrected chi connectivity index (χ4v) is 6.05. The second-order valence-corrected chi connectivity index (χ2v) is 12.1. The number of benzene rings is 1. The Hall–Kier alpha value is -1.07. The summed E-state index contributed by atoms with van der Waals surface area (Å²) in [5.41, 5.74) is 4.19. The van der Waals surface area contributed by atoms with Gasteiger partial charge < -0.3 is 15.1 Å². The minimum absolute atomic E-state index is 0.161. The molecule has 1 aromatic carbocycles. The summed E-state index contributed by atoms with van der Waals surface area (Å²) in [5.74, 6) is 3.52. The molecule has 1 saturated carbocycles. The number of fused-ring (bicyclic) bond motifs is 1. The number of thioether (sulfide) groups is 1. The number of nitrogens with zero attached hydrogens (tertiary/aromatic N) is 1. The molecule has 3 rings (SSSR count). The predicted octanol–water partition coefficient (Wildman–Crippen LogP) is 5.25. The van der Waals surface area contributed by atoms with Gasteiger partial charge in [0.1, 0.15) is 0 Å². The molecular weight excluding hydrogens is 414 g/mol. The SMILES string of the molecule is Cc1cccc(C[C@H](O)C=C[C@@H]2[C@H]3CC(CCSCCN(C)C(C)(C)C)=C[C@H]3C[C@H]2O)c1. The van der Waals surface area contributed by atoms with Crippen molar-refractivity contribution in [1.29, 1.82) is 0 Å². The lowest BCUT2D eigenvalue weighted by Crippen LogP contribution is -2.39. The zero-order valence-electron chi connectivity index (χ0n) is 20.6. The Labute approximate surface area is 200 Å². The Morgan fingerprint density at radius 1 is 1.25 bits per heavy atom. The monoisotopic (exact) mass is 457 g/mol. The third kappa shape index (κ3) is 7.21. The first-order valence-corrected chi connectivity index (χ1v) is 13.4. The lowest BCUT2D eigenvalue weighted by atomic mass is 9.88. The first-order valence-electron chi connectivity index (χ1n) is 12.2. The van der Waals surface area contributed by atoms with Crippen LogP contribution in [-0.2, 0) is 6.42 Å². The molecule has 0 saturated heterocycles. The molecule has 4 heteroatoms. The summed E-state index contributed by atoms with van der Waals surface area (Å²) in [6, 6.07) is 8.31. The van der Waals surface area contributed by atoms with Crippen molar-refractivity contribution in [3.63, 3.8) is 0 Å². The van der Waals surface area contributed by atoms with Crippen molar-refractivity contribution in [1.82, 2.24) is 4.90 Å². The second-order valence-electron chi connectivity index (χ2n) is 10.8. The van der Waals surface area contributed by atoms with Crippen molar-refractivity contribution in [3.05, 3.63) is 59.2 Å². The van der Waals surface area contributed by atoms with Crippen molar-refractivity contribution < 1.29 is 10.2 Å². The third-order valence-corrected chi connectivity index (χ3v) is 8.28. The molecule has 0 unspecified atom stereocenters. The van der Waals surface area contributed by atoms with E-state index in [2.05, 4.69) is 81.8 Å². The van der Waals surface area contributed by atoms with Crippen molar-refractivity contribution in [2.24, 2.45) is 17.8 Å². The quantitative estimate of drug-likeness (QED) is 0.372. The number of aliphatic hydroxyl groups excluding tert-OH is 2. The van der Waals surface area contributed by atoms with Crippen LogP contribution in [0.25, 0.3) is 0 Å². The molecule has 0 aliphatic heterocycles. The zero-order chi connectivity index (χ0) is 23.3. The van der Waals surface area contributed by atoms with Gasteiger partial charge in [-0.1, -0.05) is 53.6 Å². The smallest absolute Gasteiger partial charge is 0.0761 e. The Balaban J connectivity index is 1.43. The van der Waals surface area contributed by atoms with Crippen LogP contribution in [0.5, 0.6) is 0 Å². The molecule has 2 N–H and O–H groups in total. The van der Waals surface area contributed by atoms with E-state index in [4.69, 9.17) is 0 Å². The van der Waals surface area contributed by atoms with Crippen molar-refractivity contribution in [3.8, 4) is 0 Å². The molecule has 2 aliphatic carbocycles. The molecular formula is C28H43NO2S. The average molecular weight is 458 g/mol. The van der Waals surface area contributed by atoms with Crippen LogP contribution in [0.15, 0.2) is 48.1 Å². The Morgan fingerprint density at radius 3 is 2.75 bits per heavy atom. The van der Waals surface area contributed by atoms with Crippen molar-refractivity contribution in [2.75, 3.05) is 25.1 Å². The fraction of sp³-hybridized carbons (Fsp3) is 0.643. The summed E-state index contributed by atoms with van der Waals surface area (Å²) >= 11 is 2.05. The maximum absolute atomic E-state index is 10.6. The van der Waals surface area contributed by atoms with Gasteiger partial charge in [0.05, 0.1) is 12.2 Å². The van der Waals surface area contributed by atoms with Crippen LogP contribution < -0.4 is 0 Å².